The molecule has 1 aliphatic carbocycles. The molecule has 1 saturated carbocycles. The lowest BCUT2D eigenvalue weighted by Gasteiger charge is -2.08. The number of furan rings is 1. The molecule has 1 aromatic heterocycles. The van der Waals surface area contributed by atoms with Crippen molar-refractivity contribution in [1.29, 1.82) is 0 Å². The number of aliphatic carboxylic acids is 1. The largest absolute Gasteiger partial charge is 0.481 e. The van der Waals surface area contributed by atoms with Crippen LogP contribution in [-0.2, 0) is 21.6 Å². The lowest BCUT2D eigenvalue weighted by atomic mass is 10.00. The second kappa shape index (κ2) is 3.70. The van der Waals surface area contributed by atoms with Crippen LogP contribution < -0.4 is 0 Å². The predicted octanol–water partition coefficient (Wildman–Crippen LogP) is 1.93. The molecular weight excluding hydrogens is 196 g/mol. The summed E-state index contributed by atoms with van der Waals surface area (Å²) in [6.45, 7) is 0.434. The molecular formula is C11H14O4. The lowest BCUT2D eigenvalue weighted by molar-refractivity contribution is -0.137. The molecule has 1 aliphatic rings. The smallest absolute Gasteiger partial charge is 0.304 e. The highest BCUT2D eigenvalue weighted by atomic mass is 16.5. The molecule has 0 radical (unpaired) electrons. The van der Waals surface area contributed by atoms with Gasteiger partial charge in [-0.1, -0.05) is 0 Å². The lowest BCUT2D eigenvalue weighted by Crippen LogP contribution is -2.11. The Bertz CT molecular complexity index is 362. The zero-order chi connectivity index (χ0) is 10.9. The fraction of sp³-hybridized carbons (Fsp3) is 0.545. The van der Waals surface area contributed by atoms with Crippen molar-refractivity contribution in [2.24, 2.45) is 0 Å². The monoisotopic (exact) mass is 210 g/mol. The van der Waals surface area contributed by atoms with Gasteiger partial charge in [0.2, 0.25) is 0 Å². The van der Waals surface area contributed by atoms with Crippen molar-refractivity contribution in [2.45, 2.75) is 31.3 Å². The quantitative estimate of drug-likeness (QED) is 0.806. The van der Waals surface area contributed by atoms with Crippen LogP contribution in [0.5, 0.6) is 0 Å². The van der Waals surface area contributed by atoms with Crippen molar-refractivity contribution in [3.8, 4) is 0 Å². The molecule has 0 aliphatic heterocycles. The Hall–Kier alpha value is -1.29. The number of rotatable bonds is 5. The summed E-state index contributed by atoms with van der Waals surface area (Å²) in [5.41, 5.74) is -0.238. The number of hydrogen-bond donors (Lipinski definition) is 1. The van der Waals surface area contributed by atoms with Gasteiger partial charge in [0.25, 0.3) is 0 Å². The minimum Gasteiger partial charge on any atom is -0.481 e. The highest BCUT2D eigenvalue weighted by Gasteiger charge is 2.48. The number of carbonyl (C=O) groups is 1. The number of carboxylic acids is 1. The number of ether oxygens (including phenoxy) is 1. The zero-order valence-corrected chi connectivity index (χ0v) is 8.66. The summed E-state index contributed by atoms with van der Waals surface area (Å²) in [6, 6.07) is 3.71. The molecule has 1 fully saturated rings. The summed E-state index contributed by atoms with van der Waals surface area (Å²) in [7, 11) is 1.60. The van der Waals surface area contributed by atoms with E-state index in [4.69, 9.17) is 14.3 Å². The van der Waals surface area contributed by atoms with E-state index in [9.17, 15) is 4.79 Å². The van der Waals surface area contributed by atoms with Gasteiger partial charge in [0, 0.05) is 12.5 Å². The summed E-state index contributed by atoms with van der Waals surface area (Å²) < 4.78 is 10.5. The van der Waals surface area contributed by atoms with Gasteiger partial charge in [-0.25, -0.2) is 0 Å². The van der Waals surface area contributed by atoms with Gasteiger partial charge in [-0.15, -0.1) is 0 Å². The summed E-state index contributed by atoms with van der Waals surface area (Å²) in [6.07, 6.45) is 1.96. The van der Waals surface area contributed by atoms with Crippen molar-refractivity contribution in [3.05, 3.63) is 23.7 Å². The van der Waals surface area contributed by atoms with Crippen LogP contribution in [0.1, 0.15) is 30.8 Å². The van der Waals surface area contributed by atoms with Crippen LogP contribution in [0.3, 0.4) is 0 Å². The third-order valence-electron chi connectivity index (χ3n) is 2.81. The topological polar surface area (TPSA) is 59.7 Å². The molecule has 0 bridgehead atoms. The van der Waals surface area contributed by atoms with Crippen molar-refractivity contribution in [2.75, 3.05) is 7.11 Å². The van der Waals surface area contributed by atoms with Gasteiger partial charge in [0.15, 0.2) is 0 Å². The van der Waals surface area contributed by atoms with E-state index < -0.39 is 5.97 Å². The van der Waals surface area contributed by atoms with Crippen LogP contribution in [0.25, 0.3) is 0 Å². The fourth-order valence-corrected chi connectivity index (χ4v) is 1.83. The van der Waals surface area contributed by atoms with Crippen LogP contribution in [0.2, 0.25) is 0 Å². The van der Waals surface area contributed by atoms with E-state index >= 15 is 0 Å². The molecule has 15 heavy (non-hydrogen) atoms. The van der Waals surface area contributed by atoms with Crippen LogP contribution in [0.4, 0.5) is 0 Å². The van der Waals surface area contributed by atoms with E-state index in [1.807, 2.05) is 12.1 Å². The zero-order valence-electron chi connectivity index (χ0n) is 8.66. The van der Waals surface area contributed by atoms with E-state index in [1.54, 1.807) is 7.11 Å². The Morgan fingerprint density at radius 1 is 1.60 bits per heavy atom. The van der Waals surface area contributed by atoms with Crippen molar-refractivity contribution < 1.29 is 19.1 Å². The molecule has 1 heterocycles. The van der Waals surface area contributed by atoms with E-state index in [0.29, 0.717) is 6.61 Å². The molecule has 0 amide bonds. The van der Waals surface area contributed by atoms with Gasteiger partial charge in [0.1, 0.15) is 18.1 Å². The van der Waals surface area contributed by atoms with Gasteiger partial charge < -0.3 is 14.3 Å². The third kappa shape index (κ3) is 2.04. The Balaban J connectivity index is 2.11. The molecule has 0 spiro atoms. The molecule has 0 atom stereocenters. The molecule has 4 nitrogen and oxygen atoms in total. The summed E-state index contributed by atoms with van der Waals surface area (Å²) in [5, 5.41) is 8.79. The van der Waals surface area contributed by atoms with Crippen LogP contribution >= 0.6 is 0 Å². The molecule has 82 valence electrons. The first-order chi connectivity index (χ1) is 7.16. The summed E-state index contributed by atoms with van der Waals surface area (Å²) >= 11 is 0. The Labute approximate surface area is 87.8 Å². The highest BCUT2D eigenvalue weighted by Crippen LogP contribution is 2.51. The molecule has 0 unspecified atom stereocenters. The van der Waals surface area contributed by atoms with Crippen LogP contribution in [0.15, 0.2) is 16.5 Å². The van der Waals surface area contributed by atoms with Gasteiger partial charge in [-0.2, -0.15) is 0 Å². The van der Waals surface area contributed by atoms with Crippen molar-refractivity contribution >= 4 is 5.97 Å². The Morgan fingerprint density at radius 3 is 2.87 bits per heavy atom. The van der Waals surface area contributed by atoms with E-state index in [-0.39, 0.29) is 11.8 Å². The van der Waals surface area contributed by atoms with Crippen LogP contribution in [-0.4, -0.2) is 18.2 Å². The molecule has 1 aromatic rings. The first-order valence-electron chi connectivity index (χ1n) is 4.96. The third-order valence-corrected chi connectivity index (χ3v) is 2.81. The number of methoxy groups -OCH3 is 1. The molecule has 0 aromatic carbocycles. The number of carboxylic acid groups (broad SMARTS) is 1. The van der Waals surface area contributed by atoms with E-state index in [0.717, 1.165) is 24.4 Å². The predicted molar refractivity (Wildman–Crippen MR) is 52.6 cm³/mol. The fourth-order valence-electron chi connectivity index (χ4n) is 1.83. The second-order valence-electron chi connectivity index (χ2n) is 4.05. The summed E-state index contributed by atoms with van der Waals surface area (Å²) in [4.78, 5) is 10.7. The average Bonchev–Trinajstić information content (AvgIpc) is 2.77. The molecule has 2 rings (SSSR count). The van der Waals surface area contributed by atoms with Gasteiger partial charge in [0.05, 0.1) is 6.42 Å². The normalized spacial score (nSPS) is 17.7. The summed E-state index contributed by atoms with van der Waals surface area (Å²) in [5.74, 6) is 0.776. The Morgan fingerprint density at radius 2 is 2.33 bits per heavy atom. The van der Waals surface area contributed by atoms with Gasteiger partial charge in [-0.05, 0) is 25.0 Å². The average molecular weight is 210 g/mol. The molecule has 4 heteroatoms. The maximum atomic E-state index is 10.7. The van der Waals surface area contributed by atoms with Crippen LogP contribution in [0, 0.1) is 0 Å². The molecule has 1 N–H and O–H groups in total. The highest BCUT2D eigenvalue weighted by molar-refractivity contribution is 5.69. The molecule has 0 saturated heterocycles. The van der Waals surface area contributed by atoms with Crippen molar-refractivity contribution in [3.63, 3.8) is 0 Å². The maximum Gasteiger partial charge on any atom is 0.304 e. The first-order valence-corrected chi connectivity index (χ1v) is 4.96. The van der Waals surface area contributed by atoms with Gasteiger partial charge in [-0.3, -0.25) is 4.79 Å². The Kier molecular flexibility index (Phi) is 2.52. The first kappa shape index (κ1) is 10.2. The van der Waals surface area contributed by atoms with Crippen molar-refractivity contribution in [1.82, 2.24) is 0 Å². The minimum atomic E-state index is -0.766. The van der Waals surface area contributed by atoms with E-state index in [2.05, 4.69) is 0 Å². The minimum absolute atomic E-state index is 0.160. The maximum absolute atomic E-state index is 10.7. The second-order valence-corrected chi connectivity index (χ2v) is 4.05. The SMILES string of the molecule is COCc1ccc(C2(CC(=O)O)CC2)o1. The van der Waals surface area contributed by atoms with E-state index in [1.165, 1.54) is 0 Å². The van der Waals surface area contributed by atoms with Gasteiger partial charge >= 0.3 is 5.97 Å². The standard InChI is InChI=1S/C11H14O4/c1-14-7-8-2-3-9(15-8)11(4-5-11)6-10(12)13/h2-3H,4-7H2,1H3,(H,12,13). The number of hydrogen-bond acceptors (Lipinski definition) is 3.